The summed E-state index contributed by atoms with van der Waals surface area (Å²) >= 11 is 0. The van der Waals surface area contributed by atoms with Crippen LogP contribution in [0.5, 0.6) is 0 Å². The second kappa shape index (κ2) is 8.28. The van der Waals surface area contributed by atoms with Crippen molar-refractivity contribution in [2.24, 2.45) is 0 Å². The van der Waals surface area contributed by atoms with E-state index in [-0.39, 0.29) is 0 Å². The Balaban J connectivity index is 1.60. The van der Waals surface area contributed by atoms with Gasteiger partial charge in [0.1, 0.15) is 0 Å². The first kappa shape index (κ1) is 18.8. The van der Waals surface area contributed by atoms with Gasteiger partial charge in [0, 0.05) is 53.8 Å². The highest BCUT2D eigenvalue weighted by molar-refractivity contribution is 5.96. The molecule has 150 valence electrons. The summed E-state index contributed by atoms with van der Waals surface area (Å²) in [6.07, 6.45) is 5.50. The molecule has 4 nitrogen and oxygen atoms in total. The van der Waals surface area contributed by atoms with Crippen LogP contribution < -0.4 is 9.80 Å². The van der Waals surface area contributed by atoms with Crippen LogP contribution in [0.3, 0.4) is 0 Å². The molecule has 4 heteroatoms. The van der Waals surface area contributed by atoms with Crippen molar-refractivity contribution in [2.45, 2.75) is 0 Å². The van der Waals surface area contributed by atoms with Crippen molar-refractivity contribution in [2.75, 3.05) is 16.8 Å². The molecule has 0 aliphatic rings. The second-order valence-corrected chi connectivity index (χ2v) is 7.30. The van der Waals surface area contributed by atoms with Crippen molar-refractivity contribution in [3.8, 4) is 0 Å². The van der Waals surface area contributed by atoms with E-state index in [4.69, 9.17) is 0 Å². The molecule has 0 bridgehead atoms. The number of aromatic nitrogens is 2. The molecule has 0 saturated heterocycles. The molecule has 0 aliphatic carbocycles. The number of nitrogens with zero attached hydrogens (tertiary/aromatic N) is 4. The maximum atomic E-state index is 4.54. The number of anilines is 5. The first-order valence-corrected chi connectivity index (χ1v) is 10.2. The first-order valence-electron chi connectivity index (χ1n) is 10.2. The largest absolute Gasteiger partial charge is 0.345 e. The average molecular weight is 403 g/mol. The predicted molar refractivity (Wildman–Crippen MR) is 129 cm³/mol. The molecular weight excluding hydrogens is 380 g/mol. The summed E-state index contributed by atoms with van der Waals surface area (Å²) in [7, 11) is 2.07. The summed E-state index contributed by atoms with van der Waals surface area (Å²) in [6.45, 7) is 0. The van der Waals surface area contributed by atoms with Gasteiger partial charge >= 0.3 is 0 Å². The number of para-hydroxylation sites is 2. The smallest absolute Gasteiger partial charge is 0.0723 e. The van der Waals surface area contributed by atoms with Crippen LogP contribution in [0.4, 0.5) is 28.4 Å². The Morgan fingerprint density at radius 1 is 0.548 bits per heavy atom. The lowest BCUT2D eigenvalue weighted by molar-refractivity contribution is 1.18. The van der Waals surface area contributed by atoms with Gasteiger partial charge in [-0.25, -0.2) is 0 Å². The molecule has 0 aliphatic heterocycles. The van der Waals surface area contributed by atoms with E-state index >= 15 is 0 Å². The Labute approximate surface area is 182 Å². The van der Waals surface area contributed by atoms with Crippen molar-refractivity contribution in [1.29, 1.82) is 0 Å². The van der Waals surface area contributed by atoms with E-state index in [1.54, 1.807) is 0 Å². The molecule has 3 aromatic carbocycles. The maximum Gasteiger partial charge on any atom is 0.0723 e. The van der Waals surface area contributed by atoms with E-state index in [9.17, 15) is 0 Å². The SMILES string of the molecule is CN(c1ccncc1)c1ccc(N(c2ccccc2)c2ccnc3ccccc23)cc1. The third-order valence-electron chi connectivity index (χ3n) is 5.43. The molecule has 5 aromatic rings. The van der Waals surface area contributed by atoms with Gasteiger partial charge in [0.05, 0.1) is 11.2 Å². The fourth-order valence-electron chi connectivity index (χ4n) is 3.82. The van der Waals surface area contributed by atoms with Gasteiger partial charge < -0.3 is 9.80 Å². The number of pyridine rings is 2. The van der Waals surface area contributed by atoms with Crippen LogP contribution in [-0.2, 0) is 0 Å². The van der Waals surface area contributed by atoms with E-state index in [1.165, 1.54) is 0 Å². The van der Waals surface area contributed by atoms with Gasteiger partial charge in [-0.15, -0.1) is 0 Å². The van der Waals surface area contributed by atoms with Crippen LogP contribution in [-0.4, -0.2) is 17.0 Å². The molecule has 2 heterocycles. The standard InChI is InChI=1S/C27H22N4/c1-30(22-15-18-28-19-16-22)21-11-13-24(14-12-21)31(23-7-3-2-4-8-23)27-17-20-29-26-10-6-5-9-25(26)27/h2-20H,1H3. The minimum absolute atomic E-state index is 0.981. The number of rotatable bonds is 5. The van der Waals surface area contributed by atoms with Gasteiger partial charge in [-0.05, 0) is 60.7 Å². The predicted octanol–water partition coefficient (Wildman–Crippen LogP) is 6.87. The Morgan fingerprint density at radius 2 is 1.16 bits per heavy atom. The van der Waals surface area contributed by atoms with Crippen LogP contribution >= 0.6 is 0 Å². The topological polar surface area (TPSA) is 32.3 Å². The summed E-state index contributed by atoms with van der Waals surface area (Å²) in [4.78, 5) is 13.1. The van der Waals surface area contributed by atoms with Crippen LogP contribution in [0.15, 0.2) is 116 Å². The summed E-state index contributed by atoms with van der Waals surface area (Å²) in [5.74, 6) is 0. The van der Waals surface area contributed by atoms with E-state index in [0.29, 0.717) is 0 Å². The Morgan fingerprint density at radius 3 is 1.94 bits per heavy atom. The lowest BCUT2D eigenvalue weighted by atomic mass is 10.1. The quantitative estimate of drug-likeness (QED) is 0.321. The van der Waals surface area contributed by atoms with Crippen molar-refractivity contribution in [3.05, 3.63) is 116 Å². The molecule has 0 spiro atoms. The van der Waals surface area contributed by atoms with E-state index in [0.717, 1.165) is 39.3 Å². The maximum absolute atomic E-state index is 4.54. The lowest BCUT2D eigenvalue weighted by Crippen LogP contribution is -2.12. The fourth-order valence-corrected chi connectivity index (χ4v) is 3.82. The van der Waals surface area contributed by atoms with Crippen LogP contribution in [0.25, 0.3) is 10.9 Å². The molecule has 0 atom stereocenters. The number of hydrogen-bond acceptors (Lipinski definition) is 4. The third kappa shape index (κ3) is 3.71. The molecule has 0 unspecified atom stereocenters. The number of hydrogen-bond donors (Lipinski definition) is 0. The molecule has 0 amide bonds. The van der Waals surface area contributed by atoms with Gasteiger partial charge in [0.2, 0.25) is 0 Å². The Kier molecular flexibility index (Phi) is 5.03. The van der Waals surface area contributed by atoms with Gasteiger partial charge in [-0.3, -0.25) is 9.97 Å². The molecule has 0 N–H and O–H groups in total. The van der Waals surface area contributed by atoms with Gasteiger partial charge in [0.15, 0.2) is 0 Å². The zero-order valence-corrected chi connectivity index (χ0v) is 17.3. The highest BCUT2D eigenvalue weighted by Gasteiger charge is 2.15. The van der Waals surface area contributed by atoms with Crippen molar-refractivity contribution < 1.29 is 0 Å². The lowest BCUT2D eigenvalue weighted by Gasteiger charge is -2.27. The molecule has 2 aromatic heterocycles. The Hall–Kier alpha value is -4.18. The number of benzene rings is 3. The van der Waals surface area contributed by atoms with Crippen molar-refractivity contribution >= 4 is 39.3 Å². The van der Waals surface area contributed by atoms with Gasteiger partial charge in [-0.1, -0.05) is 36.4 Å². The van der Waals surface area contributed by atoms with E-state index in [1.807, 2.05) is 42.9 Å². The summed E-state index contributed by atoms with van der Waals surface area (Å²) in [6, 6.07) is 33.4. The molecule has 31 heavy (non-hydrogen) atoms. The second-order valence-electron chi connectivity index (χ2n) is 7.30. The highest BCUT2D eigenvalue weighted by atomic mass is 15.1. The van der Waals surface area contributed by atoms with E-state index in [2.05, 4.69) is 99.6 Å². The normalized spacial score (nSPS) is 10.7. The average Bonchev–Trinajstić information content (AvgIpc) is 2.86. The third-order valence-corrected chi connectivity index (χ3v) is 5.43. The zero-order chi connectivity index (χ0) is 21.0. The monoisotopic (exact) mass is 402 g/mol. The van der Waals surface area contributed by atoms with Crippen molar-refractivity contribution in [3.63, 3.8) is 0 Å². The molecule has 0 radical (unpaired) electrons. The van der Waals surface area contributed by atoms with Gasteiger partial charge in [-0.2, -0.15) is 0 Å². The molecule has 0 saturated carbocycles. The summed E-state index contributed by atoms with van der Waals surface area (Å²) in [5, 5.41) is 1.12. The minimum Gasteiger partial charge on any atom is -0.345 e. The molecule has 5 rings (SSSR count). The van der Waals surface area contributed by atoms with Crippen LogP contribution in [0, 0.1) is 0 Å². The fraction of sp³-hybridized carbons (Fsp3) is 0.0370. The van der Waals surface area contributed by atoms with Gasteiger partial charge in [0.25, 0.3) is 0 Å². The minimum atomic E-state index is 0.981. The van der Waals surface area contributed by atoms with Crippen LogP contribution in [0.1, 0.15) is 0 Å². The highest BCUT2D eigenvalue weighted by Crippen LogP contribution is 2.38. The van der Waals surface area contributed by atoms with E-state index < -0.39 is 0 Å². The van der Waals surface area contributed by atoms with Crippen molar-refractivity contribution in [1.82, 2.24) is 9.97 Å². The summed E-state index contributed by atoms with van der Waals surface area (Å²) in [5.41, 5.74) is 6.50. The number of fused-ring (bicyclic) bond motifs is 1. The van der Waals surface area contributed by atoms with Crippen LogP contribution in [0.2, 0.25) is 0 Å². The first-order chi connectivity index (χ1) is 15.3. The molecule has 0 fully saturated rings. The Bertz CT molecular complexity index is 1280. The zero-order valence-electron chi connectivity index (χ0n) is 17.3. The summed E-state index contributed by atoms with van der Waals surface area (Å²) < 4.78 is 0. The molecular formula is C27H22N4.